The van der Waals surface area contributed by atoms with Crippen molar-refractivity contribution in [1.29, 1.82) is 0 Å². The highest BCUT2D eigenvalue weighted by molar-refractivity contribution is 5.27. The van der Waals surface area contributed by atoms with Gasteiger partial charge in [-0.25, -0.2) is 0 Å². The Morgan fingerprint density at radius 2 is 1.84 bits per heavy atom. The third-order valence-electron chi connectivity index (χ3n) is 4.28. The molecule has 1 aromatic rings. The van der Waals surface area contributed by atoms with Gasteiger partial charge in [-0.05, 0) is 39.1 Å². The summed E-state index contributed by atoms with van der Waals surface area (Å²) in [5.74, 6) is 0. The lowest BCUT2D eigenvalue weighted by Crippen LogP contribution is -2.57. The van der Waals surface area contributed by atoms with Gasteiger partial charge in [-0.2, -0.15) is 0 Å². The molecule has 0 atom stereocenters. The van der Waals surface area contributed by atoms with Crippen LogP contribution in [0.5, 0.6) is 0 Å². The third-order valence-corrected chi connectivity index (χ3v) is 4.28. The van der Waals surface area contributed by atoms with Gasteiger partial charge in [-0.15, -0.1) is 0 Å². The minimum Gasteiger partial charge on any atom is -0.316 e. The standard InChI is InChI=1S/C16H27N3/c1-16(2)13-19(10-9-18(16)4)12-15-8-6-5-7-14(15)11-17-3/h5-8,17H,9-13H2,1-4H3. The van der Waals surface area contributed by atoms with Crippen LogP contribution in [0.3, 0.4) is 0 Å². The maximum Gasteiger partial charge on any atom is 0.0277 e. The Balaban J connectivity index is 2.05. The molecule has 0 radical (unpaired) electrons. The van der Waals surface area contributed by atoms with Crippen LogP contribution in [0.1, 0.15) is 25.0 Å². The highest BCUT2D eigenvalue weighted by Crippen LogP contribution is 2.21. The van der Waals surface area contributed by atoms with Crippen molar-refractivity contribution in [3.05, 3.63) is 35.4 Å². The summed E-state index contributed by atoms with van der Waals surface area (Å²) in [4.78, 5) is 5.04. The molecule has 0 aliphatic carbocycles. The average molecular weight is 261 g/mol. The molecule has 0 spiro atoms. The lowest BCUT2D eigenvalue weighted by Gasteiger charge is -2.45. The Morgan fingerprint density at radius 3 is 2.47 bits per heavy atom. The van der Waals surface area contributed by atoms with E-state index in [1.165, 1.54) is 11.1 Å². The number of hydrogen-bond acceptors (Lipinski definition) is 3. The van der Waals surface area contributed by atoms with Gasteiger partial charge >= 0.3 is 0 Å². The first kappa shape index (κ1) is 14.5. The van der Waals surface area contributed by atoms with Gasteiger partial charge in [0.25, 0.3) is 0 Å². The quantitative estimate of drug-likeness (QED) is 0.893. The second kappa shape index (κ2) is 6.04. The molecule has 1 heterocycles. The van der Waals surface area contributed by atoms with Crippen molar-refractivity contribution in [2.45, 2.75) is 32.5 Å². The van der Waals surface area contributed by atoms with Crippen LogP contribution in [0.2, 0.25) is 0 Å². The fraction of sp³-hybridized carbons (Fsp3) is 0.625. The first-order valence-electron chi connectivity index (χ1n) is 7.18. The Hall–Kier alpha value is -0.900. The third kappa shape index (κ3) is 3.56. The monoisotopic (exact) mass is 261 g/mol. The molecular weight excluding hydrogens is 234 g/mol. The van der Waals surface area contributed by atoms with Gasteiger partial charge in [0, 0.05) is 38.3 Å². The smallest absolute Gasteiger partial charge is 0.0277 e. The summed E-state index contributed by atoms with van der Waals surface area (Å²) in [5.41, 5.74) is 3.15. The molecule has 2 rings (SSSR count). The summed E-state index contributed by atoms with van der Waals surface area (Å²) in [6, 6.07) is 8.77. The van der Waals surface area contributed by atoms with E-state index in [9.17, 15) is 0 Å². The van der Waals surface area contributed by atoms with E-state index in [4.69, 9.17) is 0 Å². The molecular formula is C16H27N3. The number of likely N-dealkylation sites (N-methyl/N-ethyl adjacent to an activating group) is 1. The fourth-order valence-corrected chi connectivity index (χ4v) is 2.79. The molecule has 1 N–H and O–H groups in total. The minimum absolute atomic E-state index is 0.274. The van der Waals surface area contributed by atoms with E-state index < -0.39 is 0 Å². The fourth-order valence-electron chi connectivity index (χ4n) is 2.79. The van der Waals surface area contributed by atoms with Crippen LogP contribution in [-0.2, 0) is 13.1 Å². The van der Waals surface area contributed by atoms with E-state index >= 15 is 0 Å². The van der Waals surface area contributed by atoms with E-state index in [0.717, 1.165) is 32.7 Å². The molecule has 19 heavy (non-hydrogen) atoms. The van der Waals surface area contributed by atoms with E-state index in [0.29, 0.717) is 0 Å². The summed E-state index contributed by atoms with van der Waals surface area (Å²) in [6.07, 6.45) is 0. The van der Waals surface area contributed by atoms with Crippen molar-refractivity contribution >= 4 is 0 Å². The molecule has 0 bridgehead atoms. The molecule has 0 unspecified atom stereocenters. The van der Waals surface area contributed by atoms with Gasteiger partial charge in [-0.1, -0.05) is 24.3 Å². The van der Waals surface area contributed by atoms with Crippen molar-refractivity contribution in [3.63, 3.8) is 0 Å². The van der Waals surface area contributed by atoms with E-state index in [-0.39, 0.29) is 5.54 Å². The lowest BCUT2D eigenvalue weighted by molar-refractivity contribution is 0.0359. The number of nitrogens with one attached hydrogen (secondary N) is 1. The number of hydrogen-bond donors (Lipinski definition) is 1. The topological polar surface area (TPSA) is 18.5 Å². The van der Waals surface area contributed by atoms with E-state index in [2.05, 4.69) is 60.3 Å². The molecule has 3 nitrogen and oxygen atoms in total. The Morgan fingerprint density at radius 1 is 1.16 bits per heavy atom. The van der Waals surface area contributed by atoms with Gasteiger partial charge < -0.3 is 5.32 Å². The maximum atomic E-state index is 3.26. The Labute approximate surface area is 117 Å². The normalized spacial score (nSPS) is 20.6. The van der Waals surface area contributed by atoms with Gasteiger partial charge in [0.15, 0.2) is 0 Å². The summed E-state index contributed by atoms with van der Waals surface area (Å²) in [5, 5.41) is 3.26. The average Bonchev–Trinajstić information content (AvgIpc) is 2.36. The van der Waals surface area contributed by atoms with Crippen molar-refractivity contribution in [2.75, 3.05) is 33.7 Å². The maximum absolute atomic E-state index is 3.26. The number of nitrogens with zero attached hydrogens (tertiary/aromatic N) is 2. The molecule has 1 saturated heterocycles. The predicted molar refractivity (Wildman–Crippen MR) is 81.2 cm³/mol. The molecule has 3 heteroatoms. The van der Waals surface area contributed by atoms with Gasteiger partial charge in [0.2, 0.25) is 0 Å². The van der Waals surface area contributed by atoms with Crippen LogP contribution in [0.4, 0.5) is 0 Å². The SMILES string of the molecule is CNCc1ccccc1CN1CCN(C)C(C)(C)C1. The number of benzene rings is 1. The Kier molecular flexibility index (Phi) is 4.61. The molecule has 1 fully saturated rings. The highest BCUT2D eigenvalue weighted by atomic mass is 15.3. The van der Waals surface area contributed by atoms with Crippen LogP contribution in [0.15, 0.2) is 24.3 Å². The van der Waals surface area contributed by atoms with Crippen molar-refractivity contribution < 1.29 is 0 Å². The summed E-state index contributed by atoms with van der Waals surface area (Å²) < 4.78 is 0. The van der Waals surface area contributed by atoms with Gasteiger partial charge in [-0.3, -0.25) is 9.80 Å². The number of rotatable bonds is 4. The largest absolute Gasteiger partial charge is 0.316 e. The zero-order valence-corrected chi connectivity index (χ0v) is 12.7. The van der Waals surface area contributed by atoms with E-state index in [1.54, 1.807) is 0 Å². The second-order valence-electron chi connectivity index (χ2n) is 6.24. The lowest BCUT2D eigenvalue weighted by atomic mass is 9.98. The zero-order chi connectivity index (χ0) is 13.9. The molecule has 0 aromatic heterocycles. The van der Waals surface area contributed by atoms with Crippen molar-refractivity contribution in [1.82, 2.24) is 15.1 Å². The molecule has 1 aromatic carbocycles. The summed E-state index contributed by atoms with van der Waals surface area (Å²) >= 11 is 0. The highest BCUT2D eigenvalue weighted by Gasteiger charge is 2.30. The van der Waals surface area contributed by atoms with Crippen molar-refractivity contribution in [2.24, 2.45) is 0 Å². The first-order valence-corrected chi connectivity index (χ1v) is 7.18. The molecule has 1 aliphatic heterocycles. The first-order chi connectivity index (χ1) is 9.03. The summed E-state index contributed by atoms with van der Waals surface area (Å²) in [6.45, 7) is 10.1. The minimum atomic E-state index is 0.274. The number of piperazine rings is 1. The van der Waals surface area contributed by atoms with Crippen LogP contribution in [0, 0.1) is 0 Å². The molecule has 106 valence electrons. The molecule has 1 aliphatic rings. The zero-order valence-electron chi connectivity index (χ0n) is 12.7. The van der Waals surface area contributed by atoms with E-state index in [1.807, 2.05) is 7.05 Å². The second-order valence-corrected chi connectivity index (χ2v) is 6.24. The van der Waals surface area contributed by atoms with Crippen LogP contribution in [0.25, 0.3) is 0 Å². The Bertz CT molecular complexity index is 414. The van der Waals surface area contributed by atoms with Crippen LogP contribution >= 0.6 is 0 Å². The van der Waals surface area contributed by atoms with Crippen LogP contribution in [-0.4, -0.2) is 49.1 Å². The van der Waals surface area contributed by atoms with Gasteiger partial charge in [0.05, 0.1) is 0 Å². The summed E-state index contributed by atoms with van der Waals surface area (Å²) in [7, 11) is 4.24. The predicted octanol–water partition coefficient (Wildman–Crippen LogP) is 1.93. The van der Waals surface area contributed by atoms with Crippen molar-refractivity contribution in [3.8, 4) is 0 Å². The van der Waals surface area contributed by atoms with Crippen LogP contribution < -0.4 is 5.32 Å². The molecule has 0 saturated carbocycles. The molecule has 0 amide bonds. The van der Waals surface area contributed by atoms with Gasteiger partial charge in [0.1, 0.15) is 0 Å².